The van der Waals surface area contributed by atoms with Crippen LogP contribution in [0, 0.1) is 11.6 Å². The number of aromatic amines is 1. The Morgan fingerprint density at radius 2 is 1.83 bits per heavy atom. The van der Waals surface area contributed by atoms with Crippen LogP contribution in [0.25, 0.3) is 21.8 Å². The minimum Gasteiger partial charge on any atom is -0.382 e. The molecule has 1 aliphatic rings. The molecule has 4 aromatic rings. The van der Waals surface area contributed by atoms with Crippen LogP contribution in [0.5, 0.6) is 0 Å². The summed E-state index contributed by atoms with van der Waals surface area (Å²) in [4.78, 5) is 16.4. The molecule has 1 aliphatic carbocycles. The largest absolute Gasteiger partial charge is 0.433 e. The lowest BCUT2D eigenvalue weighted by molar-refractivity contribution is -0.140. The average molecular weight is 489 g/mol. The molecule has 0 spiro atoms. The van der Waals surface area contributed by atoms with Gasteiger partial charge in [-0.05, 0) is 62.1 Å². The summed E-state index contributed by atoms with van der Waals surface area (Å²) in [5.74, 6) is -1.84. The van der Waals surface area contributed by atoms with E-state index < -0.39 is 29.4 Å². The zero-order valence-corrected chi connectivity index (χ0v) is 18.2. The normalized spacial score (nSPS) is 18.7. The highest BCUT2D eigenvalue weighted by atomic mass is 19.4. The number of carbonyl (C=O) groups excluding carboxylic acids is 1. The molecular weight excluding hydrogens is 469 g/mol. The van der Waals surface area contributed by atoms with Gasteiger partial charge in [-0.25, -0.2) is 13.8 Å². The molecule has 0 bridgehead atoms. The third-order valence-corrected chi connectivity index (χ3v) is 6.23. The molecule has 1 saturated carbocycles. The standard InChI is InChI=1S/C24H20F5N5O/c25-12-4-6-18-16(8-12)20(10-21(33-18)24(27,28)29)31-13-2-1-3-14(9-13)32-23(35)15-5-7-19-17(22(15)26)11-30-34-19/h4-8,10-11,13-14H,1-3,9H2,(H,30,34)(H,31,33)(H,32,35)/t13-,14+/m0/s1. The van der Waals surface area contributed by atoms with Gasteiger partial charge in [0.05, 0.1) is 28.2 Å². The molecule has 1 fully saturated rings. The molecule has 5 rings (SSSR count). The van der Waals surface area contributed by atoms with Crippen LogP contribution in [0.4, 0.5) is 27.6 Å². The van der Waals surface area contributed by atoms with Crippen molar-refractivity contribution in [1.82, 2.24) is 20.5 Å². The van der Waals surface area contributed by atoms with Gasteiger partial charge in [0.15, 0.2) is 0 Å². The molecule has 2 aromatic heterocycles. The van der Waals surface area contributed by atoms with Crippen LogP contribution in [0.3, 0.4) is 0 Å². The third kappa shape index (κ3) is 4.62. The molecule has 1 amide bonds. The molecule has 11 heteroatoms. The van der Waals surface area contributed by atoms with E-state index in [1.807, 2.05) is 0 Å². The van der Waals surface area contributed by atoms with Gasteiger partial charge in [0.1, 0.15) is 17.3 Å². The van der Waals surface area contributed by atoms with Gasteiger partial charge in [-0.3, -0.25) is 9.89 Å². The lowest BCUT2D eigenvalue weighted by Gasteiger charge is -2.31. The van der Waals surface area contributed by atoms with E-state index in [-0.39, 0.29) is 39.6 Å². The maximum absolute atomic E-state index is 14.7. The fourth-order valence-electron chi connectivity index (χ4n) is 4.56. The Labute approximate surface area is 195 Å². The van der Waals surface area contributed by atoms with Crippen molar-refractivity contribution in [3.05, 3.63) is 65.5 Å². The summed E-state index contributed by atoms with van der Waals surface area (Å²) in [6.45, 7) is 0. The number of alkyl halides is 3. The number of anilines is 1. The molecule has 35 heavy (non-hydrogen) atoms. The number of halogens is 5. The van der Waals surface area contributed by atoms with E-state index in [4.69, 9.17) is 0 Å². The van der Waals surface area contributed by atoms with Crippen LogP contribution in [0.2, 0.25) is 0 Å². The van der Waals surface area contributed by atoms with Crippen molar-refractivity contribution in [3.8, 4) is 0 Å². The third-order valence-electron chi connectivity index (χ3n) is 6.23. The highest BCUT2D eigenvalue weighted by Gasteiger charge is 2.34. The summed E-state index contributed by atoms with van der Waals surface area (Å²) in [7, 11) is 0. The van der Waals surface area contributed by atoms with Crippen LogP contribution >= 0.6 is 0 Å². The van der Waals surface area contributed by atoms with Crippen LogP contribution in [-0.2, 0) is 6.18 Å². The molecule has 2 atom stereocenters. The fraction of sp³-hybridized carbons (Fsp3) is 0.292. The molecule has 182 valence electrons. The minimum atomic E-state index is -4.66. The van der Waals surface area contributed by atoms with Gasteiger partial charge in [-0.1, -0.05) is 0 Å². The van der Waals surface area contributed by atoms with Crippen molar-refractivity contribution >= 4 is 33.4 Å². The number of rotatable bonds is 4. The first kappa shape index (κ1) is 23.0. The van der Waals surface area contributed by atoms with Crippen molar-refractivity contribution in [2.45, 2.75) is 43.9 Å². The summed E-state index contributed by atoms with van der Waals surface area (Å²) in [5, 5.41) is 12.8. The van der Waals surface area contributed by atoms with Gasteiger partial charge in [-0.2, -0.15) is 18.3 Å². The smallest absolute Gasteiger partial charge is 0.382 e. The summed E-state index contributed by atoms with van der Waals surface area (Å²) in [6.07, 6.45) is -0.986. The number of benzene rings is 2. The summed E-state index contributed by atoms with van der Waals surface area (Å²) in [5.41, 5.74) is -0.575. The highest BCUT2D eigenvalue weighted by molar-refractivity contribution is 5.98. The van der Waals surface area contributed by atoms with Crippen molar-refractivity contribution in [1.29, 1.82) is 0 Å². The van der Waals surface area contributed by atoms with Gasteiger partial charge in [-0.15, -0.1) is 0 Å². The lowest BCUT2D eigenvalue weighted by atomic mass is 9.90. The number of H-pyrrole nitrogens is 1. The molecule has 2 heterocycles. The second kappa shape index (κ2) is 8.79. The summed E-state index contributed by atoms with van der Waals surface area (Å²) in [6, 6.07) is 6.62. The zero-order chi connectivity index (χ0) is 24.7. The summed E-state index contributed by atoms with van der Waals surface area (Å²) >= 11 is 0. The zero-order valence-electron chi connectivity index (χ0n) is 18.2. The molecule has 0 radical (unpaired) electrons. The molecule has 2 aromatic carbocycles. The van der Waals surface area contributed by atoms with Crippen LogP contribution < -0.4 is 10.6 Å². The van der Waals surface area contributed by atoms with Crippen LogP contribution in [0.1, 0.15) is 41.7 Å². The van der Waals surface area contributed by atoms with Gasteiger partial charge >= 0.3 is 6.18 Å². The number of amides is 1. The number of nitrogens with one attached hydrogen (secondary N) is 3. The quantitative estimate of drug-likeness (QED) is 0.328. The van der Waals surface area contributed by atoms with Crippen molar-refractivity contribution in [3.63, 3.8) is 0 Å². The van der Waals surface area contributed by atoms with Crippen molar-refractivity contribution in [2.24, 2.45) is 0 Å². The van der Waals surface area contributed by atoms with E-state index >= 15 is 0 Å². The van der Waals surface area contributed by atoms with Gasteiger partial charge in [0.25, 0.3) is 5.91 Å². The number of pyridine rings is 1. The van der Waals surface area contributed by atoms with E-state index in [0.29, 0.717) is 31.2 Å². The second-order valence-corrected chi connectivity index (χ2v) is 8.65. The first-order valence-corrected chi connectivity index (χ1v) is 11.1. The minimum absolute atomic E-state index is 0.0227. The molecule has 6 nitrogen and oxygen atoms in total. The Morgan fingerprint density at radius 3 is 2.63 bits per heavy atom. The van der Waals surface area contributed by atoms with Gasteiger partial charge in [0.2, 0.25) is 0 Å². The second-order valence-electron chi connectivity index (χ2n) is 8.65. The molecule has 0 saturated heterocycles. The first-order valence-electron chi connectivity index (χ1n) is 11.1. The van der Waals surface area contributed by atoms with E-state index in [0.717, 1.165) is 18.2 Å². The van der Waals surface area contributed by atoms with E-state index in [9.17, 15) is 26.7 Å². The molecule has 0 aliphatic heterocycles. The fourth-order valence-corrected chi connectivity index (χ4v) is 4.56. The molecule has 0 unspecified atom stereocenters. The number of carbonyl (C=O) groups is 1. The van der Waals surface area contributed by atoms with E-state index in [1.54, 1.807) is 6.07 Å². The Balaban J connectivity index is 1.35. The number of hydrogen-bond acceptors (Lipinski definition) is 4. The van der Waals surface area contributed by atoms with Gasteiger partial charge in [0, 0.05) is 23.2 Å². The van der Waals surface area contributed by atoms with Crippen molar-refractivity contribution in [2.75, 3.05) is 5.32 Å². The Bertz CT molecular complexity index is 1420. The molecular formula is C24H20F5N5O. The monoisotopic (exact) mass is 489 g/mol. The SMILES string of the molecule is O=C(N[C@@H]1CCC[C@H](Nc2cc(C(F)(F)F)nc3ccc(F)cc23)C1)c1ccc2[nH]ncc2c1F. The highest BCUT2D eigenvalue weighted by Crippen LogP contribution is 2.34. The Kier molecular flexibility index (Phi) is 5.78. The predicted molar refractivity (Wildman–Crippen MR) is 120 cm³/mol. The lowest BCUT2D eigenvalue weighted by Crippen LogP contribution is -2.42. The Morgan fingerprint density at radius 1 is 1.03 bits per heavy atom. The van der Waals surface area contributed by atoms with Gasteiger partial charge < -0.3 is 10.6 Å². The number of hydrogen-bond donors (Lipinski definition) is 3. The average Bonchev–Trinajstić information content (AvgIpc) is 3.29. The number of fused-ring (bicyclic) bond motifs is 2. The number of aromatic nitrogens is 3. The van der Waals surface area contributed by atoms with Crippen LogP contribution in [0.15, 0.2) is 42.6 Å². The predicted octanol–water partition coefficient (Wildman–Crippen LogP) is 5.56. The van der Waals surface area contributed by atoms with E-state index in [1.165, 1.54) is 18.3 Å². The number of nitrogens with zero attached hydrogens (tertiary/aromatic N) is 2. The maximum Gasteiger partial charge on any atom is 0.433 e. The van der Waals surface area contributed by atoms with E-state index in [2.05, 4.69) is 25.8 Å². The summed E-state index contributed by atoms with van der Waals surface area (Å²) < 4.78 is 68.7. The maximum atomic E-state index is 14.7. The molecule has 3 N–H and O–H groups in total. The van der Waals surface area contributed by atoms with Crippen LogP contribution in [-0.4, -0.2) is 33.2 Å². The first-order chi connectivity index (χ1) is 16.7. The topological polar surface area (TPSA) is 82.7 Å². The van der Waals surface area contributed by atoms with Crippen molar-refractivity contribution < 1.29 is 26.7 Å². The Hall–Kier alpha value is -3.76.